The van der Waals surface area contributed by atoms with Crippen molar-refractivity contribution in [1.82, 2.24) is 10.5 Å². The molecule has 2 aromatic carbocycles. The summed E-state index contributed by atoms with van der Waals surface area (Å²) in [5.41, 5.74) is 3.91. The second-order valence-corrected chi connectivity index (χ2v) is 6.92. The van der Waals surface area contributed by atoms with Crippen molar-refractivity contribution in [1.29, 1.82) is 0 Å². The minimum atomic E-state index is -0.0297. The molecule has 1 atom stereocenters. The number of rotatable bonds is 8. The van der Waals surface area contributed by atoms with Crippen LogP contribution in [0.4, 0.5) is 0 Å². The Hall–Kier alpha value is -2.59. The normalized spacial score (nSPS) is 11.9. The van der Waals surface area contributed by atoms with Crippen LogP contribution in [-0.2, 0) is 17.6 Å². The number of aromatic nitrogens is 1. The molecule has 3 rings (SSSR count). The molecular formula is C22H23ClN2O2. The van der Waals surface area contributed by atoms with Gasteiger partial charge in [-0.05, 0) is 48.9 Å². The van der Waals surface area contributed by atoms with E-state index in [-0.39, 0.29) is 17.2 Å². The van der Waals surface area contributed by atoms with E-state index in [2.05, 4.69) is 34.7 Å². The number of carbonyl (C=O) groups excluding carboxylic acids is 1. The molecule has 27 heavy (non-hydrogen) atoms. The number of benzene rings is 2. The third-order valence-electron chi connectivity index (χ3n) is 4.64. The highest BCUT2D eigenvalue weighted by atomic mass is 35.5. The van der Waals surface area contributed by atoms with Crippen LogP contribution in [0.15, 0.2) is 65.2 Å². The highest BCUT2D eigenvalue weighted by Gasteiger charge is 2.17. The fourth-order valence-electron chi connectivity index (χ4n) is 3.11. The second-order valence-electron chi connectivity index (χ2n) is 6.58. The van der Waals surface area contributed by atoms with Gasteiger partial charge < -0.3 is 9.84 Å². The van der Waals surface area contributed by atoms with Crippen molar-refractivity contribution in [2.24, 2.45) is 0 Å². The van der Waals surface area contributed by atoms with E-state index in [1.165, 1.54) is 5.56 Å². The monoisotopic (exact) mass is 382 g/mol. The highest BCUT2D eigenvalue weighted by molar-refractivity contribution is 6.29. The van der Waals surface area contributed by atoms with Crippen LogP contribution in [0, 0.1) is 6.92 Å². The topological polar surface area (TPSA) is 55.1 Å². The lowest BCUT2D eigenvalue weighted by atomic mass is 9.98. The second kappa shape index (κ2) is 9.38. The predicted octanol–water partition coefficient (Wildman–Crippen LogP) is 5.06. The van der Waals surface area contributed by atoms with E-state index in [0.717, 1.165) is 29.7 Å². The summed E-state index contributed by atoms with van der Waals surface area (Å²) in [4.78, 5) is 12.6. The molecule has 1 aromatic heterocycles. The Bertz CT molecular complexity index is 843. The van der Waals surface area contributed by atoms with Crippen LogP contribution >= 0.6 is 11.6 Å². The number of nitrogens with zero attached hydrogens (tertiary/aromatic N) is 1. The Morgan fingerprint density at radius 1 is 1.07 bits per heavy atom. The van der Waals surface area contributed by atoms with Gasteiger partial charge in [-0.1, -0.05) is 65.8 Å². The summed E-state index contributed by atoms with van der Waals surface area (Å²) >= 11 is 5.99. The average Bonchev–Trinajstić information content (AvgIpc) is 3.02. The van der Waals surface area contributed by atoms with E-state index in [9.17, 15) is 4.79 Å². The number of hydrogen-bond donors (Lipinski definition) is 1. The van der Waals surface area contributed by atoms with Gasteiger partial charge in [0, 0.05) is 12.0 Å². The van der Waals surface area contributed by atoms with Crippen molar-refractivity contribution < 1.29 is 9.32 Å². The third-order valence-corrected chi connectivity index (χ3v) is 4.94. The van der Waals surface area contributed by atoms with E-state index in [0.29, 0.717) is 12.8 Å². The minimum Gasteiger partial charge on any atom is -0.349 e. The number of aryl methyl sites for hydroxylation is 2. The molecule has 1 N–H and O–H groups in total. The number of hydrogen-bond acceptors (Lipinski definition) is 3. The van der Waals surface area contributed by atoms with Crippen molar-refractivity contribution in [3.63, 3.8) is 0 Å². The molecule has 0 aliphatic carbocycles. The molecule has 0 saturated carbocycles. The third kappa shape index (κ3) is 5.44. The number of carbonyl (C=O) groups is 1. The summed E-state index contributed by atoms with van der Waals surface area (Å²) in [5, 5.41) is 7.27. The molecule has 5 heteroatoms. The summed E-state index contributed by atoms with van der Waals surface area (Å²) in [6, 6.07) is 20.4. The lowest BCUT2D eigenvalue weighted by Gasteiger charge is -2.19. The van der Waals surface area contributed by atoms with Crippen LogP contribution in [0.25, 0.3) is 0 Å². The summed E-state index contributed by atoms with van der Waals surface area (Å²) in [5.74, 6) is -0.00594. The largest absolute Gasteiger partial charge is 0.349 e. The molecule has 140 valence electrons. The Kier molecular flexibility index (Phi) is 6.66. The maximum Gasteiger partial charge on any atom is 0.229 e. The lowest BCUT2D eigenvalue weighted by Crippen LogP contribution is -2.29. The van der Waals surface area contributed by atoms with Gasteiger partial charge in [-0.15, -0.1) is 0 Å². The van der Waals surface area contributed by atoms with Gasteiger partial charge >= 0.3 is 0 Å². The number of halogens is 1. The summed E-state index contributed by atoms with van der Waals surface area (Å²) in [7, 11) is 0. The summed E-state index contributed by atoms with van der Waals surface area (Å²) < 4.78 is 4.95. The fourth-order valence-corrected chi connectivity index (χ4v) is 3.37. The molecule has 1 unspecified atom stereocenters. The Morgan fingerprint density at radius 3 is 2.37 bits per heavy atom. The van der Waals surface area contributed by atoms with Gasteiger partial charge in [0.2, 0.25) is 11.1 Å². The SMILES string of the molecule is Cc1noc(Cl)c1CCC(=O)NC(CCc1ccccc1)c1ccccc1. The molecule has 0 fully saturated rings. The molecular weight excluding hydrogens is 360 g/mol. The molecule has 1 heterocycles. The summed E-state index contributed by atoms with van der Waals surface area (Å²) in [6.45, 7) is 1.83. The van der Waals surface area contributed by atoms with Crippen molar-refractivity contribution >= 4 is 17.5 Å². The van der Waals surface area contributed by atoms with Gasteiger partial charge in [-0.25, -0.2) is 0 Å². The molecule has 4 nitrogen and oxygen atoms in total. The van der Waals surface area contributed by atoms with E-state index >= 15 is 0 Å². The first kappa shape index (κ1) is 19.2. The molecule has 0 spiro atoms. The van der Waals surface area contributed by atoms with E-state index in [1.807, 2.05) is 43.3 Å². The average molecular weight is 383 g/mol. The van der Waals surface area contributed by atoms with Gasteiger partial charge in [0.25, 0.3) is 0 Å². The van der Waals surface area contributed by atoms with Crippen molar-refractivity contribution in [2.45, 2.75) is 38.6 Å². The number of nitrogens with one attached hydrogen (secondary N) is 1. The van der Waals surface area contributed by atoms with Crippen LogP contribution in [0.5, 0.6) is 0 Å². The minimum absolute atomic E-state index is 0.00594. The van der Waals surface area contributed by atoms with Gasteiger partial charge in [0.1, 0.15) is 0 Å². The summed E-state index contributed by atoms with van der Waals surface area (Å²) in [6.07, 6.45) is 2.60. The van der Waals surface area contributed by atoms with Crippen molar-refractivity contribution in [3.05, 3.63) is 88.3 Å². The predicted molar refractivity (Wildman–Crippen MR) is 107 cm³/mol. The van der Waals surface area contributed by atoms with Crippen LogP contribution in [0.1, 0.15) is 41.3 Å². The quantitative estimate of drug-likeness (QED) is 0.592. The fraction of sp³-hybridized carbons (Fsp3) is 0.273. The van der Waals surface area contributed by atoms with E-state index in [1.54, 1.807) is 0 Å². The molecule has 0 saturated heterocycles. The van der Waals surface area contributed by atoms with Gasteiger partial charge in [-0.2, -0.15) is 0 Å². The van der Waals surface area contributed by atoms with Gasteiger partial charge in [0.15, 0.2) is 0 Å². The van der Waals surface area contributed by atoms with Crippen molar-refractivity contribution in [2.75, 3.05) is 0 Å². The maximum absolute atomic E-state index is 12.6. The Balaban J connectivity index is 1.63. The van der Waals surface area contributed by atoms with Crippen molar-refractivity contribution in [3.8, 4) is 0 Å². The lowest BCUT2D eigenvalue weighted by molar-refractivity contribution is -0.121. The zero-order chi connectivity index (χ0) is 19.1. The molecule has 1 amide bonds. The maximum atomic E-state index is 12.6. The first-order chi connectivity index (χ1) is 13.1. The first-order valence-corrected chi connectivity index (χ1v) is 9.50. The smallest absolute Gasteiger partial charge is 0.229 e. The Morgan fingerprint density at radius 2 is 1.74 bits per heavy atom. The molecule has 0 bridgehead atoms. The number of amides is 1. The first-order valence-electron chi connectivity index (χ1n) is 9.12. The van der Waals surface area contributed by atoms with Crippen LogP contribution in [0.3, 0.4) is 0 Å². The van der Waals surface area contributed by atoms with Crippen LogP contribution in [-0.4, -0.2) is 11.1 Å². The van der Waals surface area contributed by atoms with E-state index in [4.69, 9.17) is 16.1 Å². The highest BCUT2D eigenvalue weighted by Crippen LogP contribution is 2.22. The van der Waals surface area contributed by atoms with E-state index < -0.39 is 0 Å². The van der Waals surface area contributed by atoms with Gasteiger partial charge in [0.05, 0.1) is 11.7 Å². The molecule has 0 aliphatic rings. The standard InChI is InChI=1S/C22H23ClN2O2/c1-16-19(22(23)27-25-16)13-15-21(26)24-20(18-10-6-3-7-11-18)14-12-17-8-4-2-5-9-17/h2-11,20H,12-15H2,1H3,(H,24,26). The molecule has 3 aromatic rings. The molecule has 0 aliphatic heterocycles. The molecule has 0 radical (unpaired) electrons. The van der Waals surface area contributed by atoms with Crippen LogP contribution in [0.2, 0.25) is 5.22 Å². The zero-order valence-corrected chi connectivity index (χ0v) is 16.1. The zero-order valence-electron chi connectivity index (χ0n) is 15.3. The van der Waals surface area contributed by atoms with Gasteiger partial charge in [-0.3, -0.25) is 4.79 Å². The Labute approximate surface area is 164 Å². The van der Waals surface area contributed by atoms with Crippen LogP contribution < -0.4 is 5.32 Å².